The van der Waals surface area contributed by atoms with E-state index >= 15 is 0 Å². The fourth-order valence-electron chi connectivity index (χ4n) is 3.12. The molecule has 5 heteroatoms. The molecule has 0 radical (unpaired) electrons. The number of anilines is 1. The van der Waals surface area contributed by atoms with E-state index in [0.29, 0.717) is 6.61 Å². The molecule has 5 nitrogen and oxygen atoms in total. The van der Waals surface area contributed by atoms with Crippen molar-refractivity contribution in [2.24, 2.45) is 0 Å². The maximum Gasteiger partial charge on any atom is 0.136 e. The van der Waals surface area contributed by atoms with Gasteiger partial charge < -0.3 is 14.4 Å². The van der Waals surface area contributed by atoms with Crippen LogP contribution in [0.25, 0.3) is 11.3 Å². The summed E-state index contributed by atoms with van der Waals surface area (Å²) in [5.74, 6) is 2.76. The van der Waals surface area contributed by atoms with Crippen LogP contribution in [0.15, 0.2) is 24.3 Å². The highest BCUT2D eigenvalue weighted by molar-refractivity contribution is 5.74. The maximum absolute atomic E-state index is 5.90. The first-order chi connectivity index (χ1) is 10.8. The number of hydrogen-bond donors (Lipinski definition) is 0. The van der Waals surface area contributed by atoms with Crippen molar-refractivity contribution < 1.29 is 9.47 Å². The number of fused-ring (bicyclic) bond motifs is 3. The number of aromatic nitrogens is 2. The number of hydrogen-bond acceptors (Lipinski definition) is 5. The second kappa shape index (κ2) is 5.57. The van der Waals surface area contributed by atoms with Gasteiger partial charge in [0.05, 0.1) is 25.5 Å². The summed E-state index contributed by atoms with van der Waals surface area (Å²) in [6, 6.07) is 8.12. The lowest BCUT2D eigenvalue weighted by molar-refractivity contribution is 0.122. The summed E-state index contributed by atoms with van der Waals surface area (Å²) in [5, 5.41) is 0. The highest BCUT2D eigenvalue weighted by atomic mass is 16.5. The van der Waals surface area contributed by atoms with E-state index in [-0.39, 0.29) is 0 Å². The fraction of sp³-hybridized carbons (Fsp3) is 0.412. The minimum absolute atomic E-state index is 0.660. The van der Waals surface area contributed by atoms with Crippen LogP contribution in [0.4, 0.5) is 5.82 Å². The van der Waals surface area contributed by atoms with Crippen molar-refractivity contribution in [1.29, 1.82) is 0 Å². The van der Waals surface area contributed by atoms with Crippen LogP contribution < -0.4 is 9.64 Å². The molecule has 2 aliphatic heterocycles. The van der Waals surface area contributed by atoms with Crippen LogP contribution in [0.5, 0.6) is 5.75 Å². The van der Waals surface area contributed by atoms with Gasteiger partial charge in [0.2, 0.25) is 0 Å². The van der Waals surface area contributed by atoms with Gasteiger partial charge >= 0.3 is 0 Å². The monoisotopic (exact) mass is 297 g/mol. The van der Waals surface area contributed by atoms with Crippen LogP contribution in [0.2, 0.25) is 0 Å². The molecule has 0 bridgehead atoms. The Morgan fingerprint density at radius 3 is 2.73 bits per heavy atom. The number of aryl methyl sites for hydroxylation is 1. The zero-order chi connectivity index (χ0) is 14.9. The van der Waals surface area contributed by atoms with E-state index in [1.54, 1.807) is 0 Å². The third kappa shape index (κ3) is 2.31. The molecule has 114 valence electrons. The van der Waals surface area contributed by atoms with Gasteiger partial charge in [-0.25, -0.2) is 9.97 Å². The van der Waals surface area contributed by atoms with Crippen molar-refractivity contribution in [3.8, 4) is 17.0 Å². The number of morpholine rings is 1. The zero-order valence-corrected chi connectivity index (χ0v) is 12.7. The summed E-state index contributed by atoms with van der Waals surface area (Å²) >= 11 is 0. The lowest BCUT2D eigenvalue weighted by atomic mass is 10.0. The molecule has 0 saturated carbocycles. The molecule has 0 N–H and O–H groups in total. The molecule has 22 heavy (non-hydrogen) atoms. The topological polar surface area (TPSA) is 47.5 Å². The lowest BCUT2D eigenvalue weighted by Crippen LogP contribution is -2.37. The van der Waals surface area contributed by atoms with Gasteiger partial charge in [-0.3, -0.25) is 0 Å². The molecule has 0 atom stereocenters. The summed E-state index contributed by atoms with van der Waals surface area (Å²) in [5.41, 5.74) is 3.27. The Hall–Kier alpha value is -2.14. The second-order valence-corrected chi connectivity index (χ2v) is 5.62. The third-order valence-corrected chi connectivity index (χ3v) is 4.16. The third-order valence-electron chi connectivity index (χ3n) is 4.16. The van der Waals surface area contributed by atoms with E-state index in [9.17, 15) is 0 Å². The van der Waals surface area contributed by atoms with Crippen molar-refractivity contribution in [1.82, 2.24) is 9.97 Å². The number of benzene rings is 1. The van der Waals surface area contributed by atoms with Gasteiger partial charge in [0.25, 0.3) is 0 Å². The average Bonchev–Trinajstić information content (AvgIpc) is 2.75. The first kappa shape index (κ1) is 13.5. The standard InChI is InChI=1S/C17H19N3O2/c1-12-18-16-13-4-2-3-5-15(13)22-9-6-14(16)17(19-12)20-7-10-21-11-8-20/h2-5H,6-11H2,1H3. The number of ether oxygens (including phenoxy) is 2. The summed E-state index contributed by atoms with van der Waals surface area (Å²) < 4.78 is 11.4. The molecular formula is C17H19N3O2. The van der Waals surface area contributed by atoms with Crippen LogP contribution in [0, 0.1) is 6.92 Å². The van der Waals surface area contributed by atoms with E-state index < -0.39 is 0 Å². The summed E-state index contributed by atoms with van der Waals surface area (Å²) in [4.78, 5) is 11.8. The van der Waals surface area contributed by atoms with Crippen molar-refractivity contribution >= 4 is 5.82 Å². The molecule has 1 saturated heterocycles. The van der Waals surface area contributed by atoms with Crippen LogP contribution in [-0.2, 0) is 11.2 Å². The first-order valence-electron chi connectivity index (χ1n) is 7.75. The quantitative estimate of drug-likeness (QED) is 0.808. The first-order valence-corrected chi connectivity index (χ1v) is 7.75. The van der Waals surface area contributed by atoms with E-state index in [1.165, 1.54) is 5.56 Å². The number of rotatable bonds is 1. The molecule has 2 aromatic rings. The molecule has 3 heterocycles. The van der Waals surface area contributed by atoms with Crippen molar-refractivity contribution in [3.05, 3.63) is 35.7 Å². The average molecular weight is 297 g/mol. The minimum Gasteiger partial charge on any atom is -0.493 e. The largest absolute Gasteiger partial charge is 0.493 e. The Kier molecular flexibility index (Phi) is 3.42. The summed E-state index contributed by atoms with van der Waals surface area (Å²) in [6.45, 7) is 5.89. The van der Waals surface area contributed by atoms with Crippen LogP contribution in [0.3, 0.4) is 0 Å². The number of para-hydroxylation sites is 1. The van der Waals surface area contributed by atoms with Crippen LogP contribution in [-0.4, -0.2) is 42.9 Å². The van der Waals surface area contributed by atoms with E-state index in [1.807, 2.05) is 25.1 Å². The van der Waals surface area contributed by atoms with Gasteiger partial charge in [-0.2, -0.15) is 0 Å². The van der Waals surface area contributed by atoms with Crippen molar-refractivity contribution in [2.75, 3.05) is 37.8 Å². The van der Waals surface area contributed by atoms with Crippen molar-refractivity contribution in [2.45, 2.75) is 13.3 Å². The predicted molar refractivity (Wildman–Crippen MR) is 84.4 cm³/mol. The molecule has 1 fully saturated rings. The minimum atomic E-state index is 0.660. The smallest absolute Gasteiger partial charge is 0.136 e. The summed E-state index contributed by atoms with van der Waals surface area (Å²) in [6.07, 6.45) is 0.830. The SMILES string of the molecule is Cc1nc2c(c(N3CCOCC3)n1)CCOc1ccccc1-2. The maximum atomic E-state index is 5.90. The van der Waals surface area contributed by atoms with Crippen LogP contribution >= 0.6 is 0 Å². The predicted octanol–water partition coefficient (Wildman–Crippen LogP) is 2.22. The van der Waals surface area contributed by atoms with Gasteiger partial charge in [-0.05, 0) is 19.1 Å². The van der Waals surface area contributed by atoms with Gasteiger partial charge in [0.1, 0.15) is 17.4 Å². The second-order valence-electron chi connectivity index (χ2n) is 5.62. The molecule has 0 spiro atoms. The van der Waals surface area contributed by atoms with Gasteiger partial charge in [0, 0.05) is 30.6 Å². The molecule has 1 aromatic carbocycles. The van der Waals surface area contributed by atoms with Gasteiger partial charge in [0.15, 0.2) is 0 Å². The van der Waals surface area contributed by atoms with Gasteiger partial charge in [-0.15, -0.1) is 0 Å². The molecule has 2 aliphatic rings. The van der Waals surface area contributed by atoms with E-state index in [4.69, 9.17) is 19.4 Å². The normalized spacial score (nSPS) is 17.2. The highest BCUT2D eigenvalue weighted by Crippen LogP contribution is 2.37. The molecule has 4 rings (SSSR count). The Morgan fingerprint density at radius 1 is 1.05 bits per heavy atom. The van der Waals surface area contributed by atoms with Gasteiger partial charge in [-0.1, -0.05) is 12.1 Å². The molecule has 1 aromatic heterocycles. The molecule has 0 aliphatic carbocycles. The Balaban J connectivity index is 1.88. The summed E-state index contributed by atoms with van der Waals surface area (Å²) in [7, 11) is 0. The Labute approximate surface area is 129 Å². The lowest BCUT2D eigenvalue weighted by Gasteiger charge is -2.30. The molecule has 0 unspecified atom stereocenters. The van der Waals surface area contributed by atoms with E-state index in [0.717, 1.165) is 61.4 Å². The van der Waals surface area contributed by atoms with E-state index in [2.05, 4.69) is 11.0 Å². The molecular weight excluding hydrogens is 278 g/mol. The fourth-order valence-corrected chi connectivity index (χ4v) is 3.12. The van der Waals surface area contributed by atoms with Crippen LogP contribution in [0.1, 0.15) is 11.4 Å². The zero-order valence-electron chi connectivity index (χ0n) is 12.7. The Morgan fingerprint density at radius 2 is 1.86 bits per heavy atom. The highest BCUT2D eigenvalue weighted by Gasteiger charge is 2.24. The Bertz CT molecular complexity index is 696. The number of nitrogens with zero attached hydrogens (tertiary/aromatic N) is 3. The van der Waals surface area contributed by atoms with Crippen molar-refractivity contribution in [3.63, 3.8) is 0 Å². The molecule has 0 amide bonds.